The van der Waals surface area contributed by atoms with Crippen LogP contribution in [0.3, 0.4) is 0 Å². The molecule has 0 saturated heterocycles. The second-order valence-electron chi connectivity index (χ2n) is 1.69. The van der Waals surface area contributed by atoms with Crippen molar-refractivity contribution in [3.05, 3.63) is 12.2 Å². The smallest absolute Gasteiger partial charge is 0.312 e. The fourth-order valence-electron chi connectivity index (χ4n) is 0.525. The number of hydrogen-bond donors (Lipinski definition) is 1. The van der Waals surface area contributed by atoms with E-state index in [1.807, 2.05) is 0 Å². The lowest BCUT2D eigenvalue weighted by Crippen LogP contribution is -2.26. The minimum absolute atomic E-state index is 0.285. The lowest BCUT2D eigenvalue weighted by Gasteiger charge is -2.18. The maximum atomic E-state index is 10.1. The molecule has 0 aliphatic heterocycles. The molecule has 2 nitrogen and oxygen atoms in total. The third-order valence-electron chi connectivity index (χ3n) is 1.13. The van der Waals surface area contributed by atoms with Crippen LogP contribution in [-0.2, 0) is 4.79 Å². The van der Waals surface area contributed by atoms with Gasteiger partial charge in [0.1, 0.15) is 0 Å². The average Bonchev–Trinajstić information content (AvgIpc) is 1.61. The summed E-state index contributed by atoms with van der Waals surface area (Å²) in [6.45, 7) is 0. The van der Waals surface area contributed by atoms with Crippen LogP contribution in [0.1, 0.15) is 0 Å². The molecule has 0 aromatic carbocycles. The predicted octanol–water partition coefficient (Wildman–Crippen LogP) is 0.864. The molecule has 8 heavy (non-hydrogen) atoms. The molecular formula is C5H5ClO2. The normalized spacial score (nSPS) is 34.1. The Morgan fingerprint density at radius 3 is 2.25 bits per heavy atom. The van der Waals surface area contributed by atoms with E-state index in [4.69, 9.17) is 16.7 Å². The van der Waals surface area contributed by atoms with Gasteiger partial charge in [0.2, 0.25) is 0 Å². The second kappa shape index (κ2) is 1.78. The molecular weight excluding hydrogens is 128 g/mol. The zero-order valence-corrected chi connectivity index (χ0v) is 4.80. The molecule has 0 unspecified atom stereocenters. The monoisotopic (exact) mass is 132 g/mol. The lowest BCUT2D eigenvalue weighted by atomic mass is 9.95. The zero-order chi connectivity index (χ0) is 6.15. The molecule has 0 aromatic rings. The maximum absolute atomic E-state index is 10.1. The summed E-state index contributed by atoms with van der Waals surface area (Å²) in [5, 5.41) is 7.98. The largest absolute Gasteiger partial charge is 0.481 e. The summed E-state index contributed by atoms with van der Waals surface area (Å²) in [5.74, 6) is -1.29. The highest BCUT2D eigenvalue weighted by Crippen LogP contribution is 2.23. The highest BCUT2D eigenvalue weighted by atomic mass is 35.5. The van der Waals surface area contributed by atoms with Crippen molar-refractivity contribution in [2.75, 3.05) is 0 Å². The van der Waals surface area contributed by atoms with Crippen LogP contribution in [0.25, 0.3) is 0 Å². The van der Waals surface area contributed by atoms with Gasteiger partial charge >= 0.3 is 5.97 Å². The molecule has 0 bridgehead atoms. The first-order chi connectivity index (χ1) is 3.72. The third kappa shape index (κ3) is 0.713. The van der Waals surface area contributed by atoms with E-state index >= 15 is 0 Å². The van der Waals surface area contributed by atoms with Crippen molar-refractivity contribution in [1.29, 1.82) is 0 Å². The first-order valence-electron chi connectivity index (χ1n) is 2.27. The lowest BCUT2D eigenvalue weighted by molar-refractivity contribution is -0.140. The Bertz CT molecular complexity index is 141. The minimum Gasteiger partial charge on any atom is -0.481 e. The Balaban J connectivity index is 2.53. The van der Waals surface area contributed by atoms with Crippen LogP contribution in [0, 0.1) is 5.92 Å². The van der Waals surface area contributed by atoms with Gasteiger partial charge in [-0.15, -0.1) is 11.6 Å². The number of aliphatic carboxylic acids is 1. The Kier molecular flexibility index (Phi) is 1.26. The first-order valence-corrected chi connectivity index (χ1v) is 2.70. The van der Waals surface area contributed by atoms with Crippen LogP contribution in [0.4, 0.5) is 0 Å². The number of halogens is 1. The van der Waals surface area contributed by atoms with Crippen LogP contribution >= 0.6 is 11.6 Å². The van der Waals surface area contributed by atoms with Crippen molar-refractivity contribution < 1.29 is 9.90 Å². The molecule has 0 heterocycles. The molecule has 1 aliphatic carbocycles. The van der Waals surface area contributed by atoms with Gasteiger partial charge in [-0.2, -0.15) is 0 Å². The quantitative estimate of drug-likeness (QED) is 0.425. The van der Waals surface area contributed by atoms with Gasteiger partial charge in [0.15, 0.2) is 0 Å². The van der Waals surface area contributed by atoms with E-state index in [2.05, 4.69) is 0 Å². The van der Waals surface area contributed by atoms with Crippen molar-refractivity contribution in [2.45, 2.75) is 5.38 Å². The molecule has 3 heteroatoms. The SMILES string of the molecule is O=C(O)[C@@H]1C=C[C@@H]1Cl. The van der Waals surface area contributed by atoms with Crippen molar-refractivity contribution in [3.63, 3.8) is 0 Å². The van der Waals surface area contributed by atoms with Gasteiger partial charge in [0, 0.05) is 0 Å². The predicted molar refractivity (Wildman–Crippen MR) is 29.9 cm³/mol. The van der Waals surface area contributed by atoms with Gasteiger partial charge in [-0.1, -0.05) is 12.2 Å². The topological polar surface area (TPSA) is 37.3 Å². The summed E-state index contributed by atoms with van der Waals surface area (Å²) in [5.41, 5.74) is 0. The number of allylic oxidation sites excluding steroid dienone is 1. The standard InChI is InChI=1S/C5H5ClO2/c6-4-2-1-3(4)5(7)8/h1-4H,(H,7,8)/t3-,4+/m1/s1. The summed E-state index contributed by atoms with van der Waals surface area (Å²) < 4.78 is 0. The Morgan fingerprint density at radius 2 is 2.25 bits per heavy atom. The molecule has 2 atom stereocenters. The Morgan fingerprint density at radius 1 is 1.62 bits per heavy atom. The van der Waals surface area contributed by atoms with Gasteiger partial charge in [0.25, 0.3) is 0 Å². The zero-order valence-electron chi connectivity index (χ0n) is 4.04. The van der Waals surface area contributed by atoms with Gasteiger partial charge in [-0.3, -0.25) is 4.79 Å². The summed E-state index contributed by atoms with van der Waals surface area (Å²) in [6.07, 6.45) is 3.25. The van der Waals surface area contributed by atoms with E-state index in [1.165, 1.54) is 0 Å². The number of hydrogen-bond acceptors (Lipinski definition) is 1. The Hall–Kier alpha value is -0.500. The first kappa shape index (κ1) is 5.63. The molecule has 1 aliphatic rings. The number of carboxylic acid groups (broad SMARTS) is 1. The molecule has 1 rings (SSSR count). The van der Waals surface area contributed by atoms with Gasteiger partial charge < -0.3 is 5.11 Å². The van der Waals surface area contributed by atoms with Crippen molar-refractivity contribution in [2.24, 2.45) is 5.92 Å². The number of carbonyl (C=O) groups is 1. The molecule has 0 spiro atoms. The van der Waals surface area contributed by atoms with E-state index in [9.17, 15) is 4.79 Å². The van der Waals surface area contributed by atoms with E-state index in [1.54, 1.807) is 12.2 Å². The summed E-state index contributed by atoms with van der Waals surface area (Å²) in [6, 6.07) is 0. The van der Waals surface area contributed by atoms with Crippen LogP contribution < -0.4 is 0 Å². The van der Waals surface area contributed by atoms with E-state index < -0.39 is 11.9 Å². The average molecular weight is 133 g/mol. The van der Waals surface area contributed by atoms with Gasteiger partial charge in [-0.05, 0) is 0 Å². The van der Waals surface area contributed by atoms with Crippen molar-refractivity contribution in [1.82, 2.24) is 0 Å². The molecule has 0 amide bonds. The summed E-state index contributed by atoms with van der Waals surface area (Å²) in [4.78, 5) is 10.1. The van der Waals surface area contributed by atoms with Crippen molar-refractivity contribution in [3.8, 4) is 0 Å². The third-order valence-corrected chi connectivity index (χ3v) is 1.55. The highest BCUT2D eigenvalue weighted by molar-refractivity contribution is 6.24. The molecule has 0 fully saturated rings. The van der Waals surface area contributed by atoms with Crippen LogP contribution in [-0.4, -0.2) is 16.5 Å². The fourth-order valence-corrected chi connectivity index (χ4v) is 0.800. The van der Waals surface area contributed by atoms with E-state index in [0.29, 0.717) is 0 Å². The molecule has 1 N–H and O–H groups in total. The van der Waals surface area contributed by atoms with Crippen LogP contribution in [0.5, 0.6) is 0 Å². The highest BCUT2D eigenvalue weighted by Gasteiger charge is 2.27. The van der Waals surface area contributed by atoms with Crippen LogP contribution in [0.15, 0.2) is 12.2 Å². The minimum atomic E-state index is -0.840. The summed E-state index contributed by atoms with van der Waals surface area (Å²) >= 11 is 5.44. The fraction of sp³-hybridized carbons (Fsp3) is 0.400. The number of alkyl halides is 1. The Labute approximate surface area is 51.8 Å². The van der Waals surface area contributed by atoms with Gasteiger partial charge in [-0.25, -0.2) is 0 Å². The molecule has 0 saturated carbocycles. The summed E-state index contributed by atoms with van der Waals surface area (Å²) in [7, 11) is 0. The van der Waals surface area contributed by atoms with Crippen LogP contribution in [0.2, 0.25) is 0 Å². The number of carboxylic acids is 1. The maximum Gasteiger partial charge on any atom is 0.312 e. The van der Waals surface area contributed by atoms with Gasteiger partial charge in [0.05, 0.1) is 11.3 Å². The van der Waals surface area contributed by atoms with Crippen molar-refractivity contribution >= 4 is 17.6 Å². The van der Waals surface area contributed by atoms with E-state index in [0.717, 1.165) is 0 Å². The molecule has 44 valence electrons. The molecule has 0 aromatic heterocycles. The molecule has 0 radical (unpaired) electrons. The van der Waals surface area contributed by atoms with E-state index in [-0.39, 0.29) is 5.38 Å². The number of rotatable bonds is 1. The second-order valence-corrected chi connectivity index (χ2v) is 2.20.